The summed E-state index contributed by atoms with van der Waals surface area (Å²) in [5.74, 6) is 1.68. The molecule has 2 aromatic rings. The van der Waals surface area contributed by atoms with Crippen LogP contribution in [-0.4, -0.2) is 0 Å². The lowest BCUT2D eigenvalue weighted by Gasteiger charge is -2.94. The van der Waals surface area contributed by atoms with Gasteiger partial charge in [-0.25, -0.2) is 0 Å². The lowest BCUT2D eigenvalue weighted by atomic mass is 9.09. The number of rotatable bonds is 2. The van der Waals surface area contributed by atoms with Gasteiger partial charge >= 0.3 is 0 Å². The fraction of sp³-hybridized carbons (Fsp3) is 0.647. The van der Waals surface area contributed by atoms with Gasteiger partial charge in [-0.1, -0.05) is 24.3 Å². The Balaban J connectivity index is 1.38. The van der Waals surface area contributed by atoms with Gasteiger partial charge in [0, 0.05) is 22.2 Å². The molecular formula is C34H42N2. The number of aryl methyl sites for hydroxylation is 4. The van der Waals surface area contributed by atoms with E-state index in [1.54, 1.807) is 11.1 Å². The molecule has 0 radical (unpaired) electrons. The number of nitrogens with two attached hydrogens (primary N) is 2. The molecule has 0 heterocycles. The van der Waals surface area contributed by atoms with Gasteiger partial charge in [0.2, 0.25) is 0 Å². The van der Waals surface area contributed by atoms with Crippen molar-refractivity contribution in [1.82, 2.24) is 0 Å². The van der Waals surface area contributed by atoms with Crippen LogP contribution in [-0.2, 0) is 10.8 Å². The third-order valence-corrected chi connectivity index (χ3v) is 14.7. The highest BCUT2D eigenvalue weighted by molar-refractivity contribution is 5.62. The summed E-state index contributed by atoms with van der Waals surface area (Å²) in [4.78, 5) is 0. The molecule has 13 rings (SSSR count). The van der Waals surface area contributed by atoms with Crippen LogP contribution in [0.1, 0.15) is 97.6 Å². The Labute approximate surface area is 216 Å². The zero-order valence-corrected chi connectivity index (χ0v) is 22.7. The van der Waals surface area contributed by atoms with E-state index in [0.29, 0.717) is 32.5 Å². The molecule has 188 valence electrons. The van der Waals surface area contributed by atoms with Crippen LogP contribution < -0.4 is 11.5 Å². The minimum atomic E-state index is 0.376. The van der Waals surface area contributed by atoms with Crippen molar-refractivity contribution in [2.75, 3.05) is 11.5 Å². The van der Waals surface area contributed by atoms with Crippen LogP contribution in [0.2, 0.25) is 0 Å². The smallest absolute Gasteiger partial charge is 0.0373 e. The fourth-order valence-corrected chi connectivity index (χ4v) is 14.1. The summed E-state index contributed by atoms with van der Waals surface area (Å²) in [6.07, 6.45) is 14.9. The molecule has 2 aromatic carbocycles. The normalized spacial score (nSPS) is 50.0. The predicted octanol–water partition coefficient (Wildman–Crippen LogP) is 7.43. The molecular weight excluding hydrogens is 436 g/mol. The van der Waals surface area contributed by atoms with Crippen molar-refractivity contribution < 1.29 is 0 Å². The van der Waals surface area contributed by atoms with Crippen LogP contribution in [0.5, 0.6) is 0 Å². The summed E-state index contributed by atoms with van der Waals surface area (Å²) in [6, 6.07) is 10.3. The van der Waals surface area contributed by atoms with Gasteiger partial charge in [-0.3, -0.25) is 0 Å². The molecule has 11 aliphatic rings. The molecule has 11 saturated carbocycles. The van der Waals surface area contributed by atoms with Crippen LogP contribution in [0.3, 0.4) is 0 Å². The van der Waals surface area contributed by atoms with E-state index in [4.69, 9.17) is 11.5 Å². The van der Waals surface area contributed by atoms with E-state index in [1.165, 1.54) is 86.5 Å². The molecule has 2 nitrogen and oxygen atoms in total. The summed E-state index contributed by atoms with van der Waals surface area (Å²) in [5.41, 5.74) is 26.6. The van der Waals surface area contributed by atoms with Gasteiger partial charge in [-0.2, -0.15) is 0 Å². The Bertz CT molecular complexity index is 1270. The van der Waals surface area contributed by atoms with Crippen molar-refractivity contribution >= 4 is 11.4 Å². The molecule has 4 N–H and O–H groups in total. The molecule has 4 spiro atoms. The van der Waals surface area contributed by atoms with E-state index in [9.17, 15) is 0 Å². The average molecular weight is 479 g/mol. The highest BCUT2D eigenvalue weighted by Crippen LogP contribution is 2.97. The highest BCUT2D eigenvalue weighted by atomic mass is 14.9. The Morgan fingerprint density at radius 1 is 0.556 bits per heavy atom. The summed E-state index contributed by atoms with van der Waals surface area (Å²) < 4.78 is 0. The second-order valence-electron chi connectivity index (χ2n) is 15.5. The number of hydrogen-bond donors (Lipinski definition) is 2. The Hall–Kier alpha value is -1.96. The molecule has 11 aliphatic carbocycles. The van der Waals surface area contributed by atoms with Crippen LogP contribution in [0, 0.1) is 61.2 Å². The zero-order valence-electron chi connectivity index (χ0n) is 22.7. The van der Waals surface area contributed by atoms with Crippen molar-refractivity contribution in [3.05, 3.63) is 57.6 Å². The third kappa shape index (κ3) is 1.77. The summed E-state index contributed by atoms with van der Waals surface area (Å²) >= 11 is 0. The quantitative estimate of drug-likeness (QED) is 0.441. The lowest BCUT2D eigenvalue weighted by molar-refractivity contribution is -0.412. The summed E-state index contributed by atoms with van der Waals surface area (Å²) in [6.45, 7) is 9.05. The van der Waals surface area contributed by atoms with E-state index in [1.807, 2.05) is 0 Å². The maximum Gasteiger partial charge on any atom is 0.0373 e. The first-order valence-electron chi connectivity index (χ1n) is 14.8. The largest absolute Gasteiger partial charge is 0.398 e. The SMILES string of the molecule is Cc1cc(C23CC45CCC26CC27CCC(C4)(C3C2)C(c2cc(C)c(N)c(C)c2)(C7)C6C5)cc(C)c1N. The molecule has 36 heavy (non-hydrogen) atoms. The van der Waals surface area contributed by atoms with Crippen LogP contribution in [0.4, 0.5) is 11.4 Å². The first-order valence-corrected chi connectivity index (χ1v) is 14.8. The van der Waals surface area contributed by atoms with Crippen molar-refractivity contribution in [3.63, 3.8) is 0 Å². The molecule has 8 bridgehead atoms. The lowest BCUT2D eigenvalue weighted by Crippen LogP contribution is -2.89. The Kier molecular flexibility index (Phi) is 3.25. The van der Waals surface area contributed by atoms with Crippen LogP contribution in [0.25, 0.3) is 0 Å². The highest BCUT2D eigenvalue weighted by Gasteiger charge is 2.92. The van der Waals surface area contributed by atoms with Gasteiger partial charge < -0.3 is 11.5 Å². The van der Waals surface area contributed by atoms with E-state index in [2.05, 4.69) is 52.0 Å². The maximum atomic E-state index is 6.55. The van der Waals surface area contributed by atoms with Gasteiger partial charge in [0.15, 0.2) is 0 Å². The molecule has 0 amide bonds. The van der Waals surface area contributed by atoms with E-state index in [0.717, 1.165) is 23.2 Å². The molecule has 8 unspecified atom stereocenters. The predicted molar refractivity (Wildman–Crippen MR) is 147 cm³/mol. The second kappa shape index (κ2) is 5.57. The van der Waals surface area contributed by atoms with Crippen molar-refractivity contribution in [2.24, 2.45) is 33.5 Å². The van der Waals surface area contributed by atoms with Gasteiger partial charge in [-0.05, 0) is 159 Å². The van der Waals surface area contributed by atoms with Gasteiger partial charge in [0.05, 0.1) is 0 Å². The molecule has 11 fully saturated rings. The third-order valence-electron chi connectivity index (χ3n) is 14.7. The van der Waals surface area contributed by atoms with Crippen LogP contribution >= 0.6 is 0 Å². The molecule has 8 atom stereocenters. The number of fused-ring (bicyclic) bond motifs is 2. The summed E-state index contributed by atoms with van der Waals surface area (Å²) in [7, 11) is 0. The van der Waals surface area contributed by atoms with Gasteiger partial charge in [0.1, 0.15) is 0 Å². The molecule has 0 aromatic heterocycles. The fourth-order valence-electron chi connectivity index (χ4n) is 14.1. The molecule has 0 aliphatic heterocycles. The molecule has 0 saturated heterocycles. The number of nitrogen functional groups attached to an aromatic ring is 2. The number of hydrogen-bond acceptors (Lipinski definition) is 2. The Morgan fingerprint density at radius 2 is 0.917 bits per heavy atom. The van der Waals surface area contributed by atoms with Crippen molar-refractivity contribution in [3.8, 4) is 0 Å². The minimum absolute atomic E-state index is 0.376. The first-order chi connectivity index (χ1) is 17.1. The standard InChI is InChI=1S/C34H42N2/c1-19-9-23(10-20(2)27(19)35)33-17-29-5-7-31(33)15-30-6-8-32(16-29,25(33)13-30)34(18-30,26(31)14-29)24-11-21(3)28(36)22(4)12-24/h9-12,25-26H,5-8,13-18,35-36H2,1-4H3. The monoisotopic (exact) mass is 478 g/mol. The number of benzene rings is 2. The topological polar surface area (TPSA) is 52.0 Å². The van der Waals surface area contributed by atoms with Gasteiger partial charge in [0.25, 0.3) is 0 Å². The second-order valence-corrected chi connectivity index (χ2v) is 15.5. The molecule has 2 heteroatoms. The van der Waals surface area contributed by atoms with Gasteiger partial charge in [-0.15, -0.1) is 0 Å². The number of anilines is 2. The Morgan fingerprint density at radius 3 is 1.28 bits per heavy atom. The summed E-state index contributed by atoms with van der Waals surface area (Å²) in [5, 5.41) is 0. The van der Waals surface area contributed by atoms with E-state index >= 15 is 0 Å². The zero-order chi connectivity index (χ0) is 24.7. The average Bonchev–Trinajstić information content (AvgIpc) is 2.86. The minimum Gasteiger partial charge on any atom is -0.398 e. The van der Waals surface area contributed by atoms with E-state index < -0.39 is 0 Å². The first kappa shape index (κ1) is 21.0. The van der Waals surface area contributed by atoms with Crippen molar-refractivity contribution in [1.29, 1.82) is 0 Å². The van der Waals surface area contributed by atoms with E-state index in [-0.39, 0.29) is 0 Å². The maximum absolute atomic E-state index is 6.55. The van der Waals surface area contributed by atoms with Crippen molar-refractivity contribution in [2.45, 2.75) is 103 Å². The van der Waals surface area contributed by atoms with Crippen LogP contribution in [0.15, 0.2) is 24.3 Å².